The summed E-state index contributed by atoms with van der Waals surface area (Å²) < 4.78 is 0. The molecule has 0 aliphatic heterocycles. The van der Waals surface area contributed by atoms with Crippen LogP contribution in [-0.2, 0) is 0 Å². The van der Waals surface area contributed by atoms with Crippen molar-refractivity contribution in [3.8, 4) is 0 Å². The van der Waals surface area contributed by atoms with Crippen LogP contribution in [0, 0.1) is 0 Å². The molecule has 2 atom stereocenters. The van der Waals surface area contributed by atoms with E-state index in [-0.39, 0.29) is 0 Å². The molecule has 0 radical (unpaired) electrons. The molecule has 0 aromatic rings. The zero-order valence-electron chi connectivity index (χ0n) is 6.61. The van der Waals surface area contributed by atoms with Gasteiger partial charge in [0.2, 0.25) is 0 Å². The minimum Gasteiger partial charge on any atom is -0.386 e. The topological polar surface area (TPSA) is 40.5 Å². The first-order valence-electron chi connectivity index (χ1n) is 3.45. The molecule has 2 nitrogen and oxygen atoms in total. The van der Waals surface area contributed by atoms with Crippen LogP contribution in [0.5, 0.6) is 0 Å². The van der Waals surface area contributed by atoms with Crippen molar-refractivity contribution in [1.82, 2.24) is 0 Å². The molecule has 62 valence electrons. The van der Waals surface area contributed by atoms with E-state index in [2.05, 4.69) is 0 Å². The first-order chi connectivity index (χ1) is 5.16. The van der Waals surface area contributed by atoms with Crippen LogP contribution in [0.2, 0.25) is 0 Å². The lowest BCUT2D eigenvalue weighted by Gasteiger charge is -2.23. The van der Waals surface area contributed by atoms with E-state index < -0.39 is 12.2 Å². The lowest BCUT2D eigenvalue weighted by molar-refractivity contribution is 0.0692. The van der Waals surface area contributed by atoms with Crippen LogP contribution in [0.15, 0.2) is 22.6 Å². The number of rotatable bonds is 1. The highest BCUT2D eigenvalue weighted by atomic mass is 32.2. The van der Waals surface area contributed by atoms with E-state index >= 15 is 0 Å². The van der Waals surface area contributed by atoms with Crippen molar-refractivity contribution in [2.24, 2.45) is 0 Å². The van der Waals surface area contributed by atoms with Gasteiger partial charge in [-0.15, -0.1) is 11.8 Å². The van der Waals surface area contributed by atoms with Crippen LogP contribution in [-0.4, -0.2) is 28.7 Å². The van der Waals surface area contributed by atoms with E-state index in [0.717, 1.165) is 10.5 Å². The number of allylic oxidation sites excluding steroid dienone is 2. The van der Waals surface area contributed by atoms with E-state index in [9.17, 15) is 10.2 Å². The molecule has 1 aliphatic rings. The average molecular weight is 172 g/mol. The van der Waals surface area contributed by atoms with Gasteiger partial charge in [0.1, 0.15) is 12.2 Å². The zero-order chi connectivity index (χ0) is 8.43. The van der Waals surface area contributed by atoms with Crippen molar-refractivity contribution < 1.29 is 10.2 Å². The fourth-order valence-corrected chi connectivity index (χ4v) is 1.58. The van der Waals surface area contributed by atoms with Crippen molar-refractivity contribution in [3.63, 3.8) is 0 Å². The largest absolute Gasteiger partial charge is 0.386 e. The third-order valence-electron chi connectivity index (χ3n) is 1.80. The Morgan fingerprint density at radius 3 is 2.45 bits per heavy atom. The van der Waals surface area contributed by atoms with Crippen LogP contribution >= 0.6 is 11.8 Å². The number of aliphatic hydroxyl groups is 2. The molecule has 0 unspecified atom stereocenters. The van der Waals surface area contributed by atoms with Crippen molar-refractivity contribution in [3.05, 3.63) is 22.6 Å². The molecule has 0 aromatic heterocycles. The van der Waals surface area contributed by atoms with Gasteiger partial charge in [-0.2, -0.15) is 0 Å². The maximum absolute atomic E-state index is 9.43. The Balaban J connectivity index is 2.84. The molecule has 0 spiro atoms. The van der Waals surface area contributed by atoms with E-state index in [1.807, 2.05) is 25.3 Å². The zero-order valence-corrected chi connectivity index (χ0v) is 7.43. The van der Waals surface area contributed by atoms with E-state index in [1.54, 1.807) is 0 Å². The summed E-state index contributed by atoms with van der Waals surface area (Å²) in [5, 5.41) is 18.8. The molecule has 1 rings (SSSR count). The second-order valence-corrected chi connectivity index (χ2v) is 3.45. The monoisotopic (exact) mass is 172 g/mol. The summed E-state index contributed by atoms with van der Waals surface area (Å²) >= 11 is 1.47. The highest BCUT2D eigenvalue weighted by molar-refractivity contribution is 8.02. The molecule has 0 saturated heterocycles. The van der Waals surface area contributed by atoms with Gasteiger partial charge in [0.25, 0.3) is 0 Å². The van der Waals surface area contributed by atoms with Crippen molar-refractivity contribution in [2.45, 2.75) is 19.1 Å². The van der Waals surface area contributed by atoms with Gasteiger partial charge in [0.05, 0.1) is 0 Å². The highest BCUT2D eigenvalue weighted by Crippen LogP contribution is 2.25. The van der Waals surface area contributed by atoms with Crippen LogP contribution in [0.3, 0.4) is 0 Å². The number of thioether (sulfide) groups is 1. The Kier molecular flexibility index (Phi) is 2.76. The molecule has 0 fully saturated rings. The summed E-state index contributed by atoms with van der Waals surface area (Å²) in [6.45, 7) is 1.81. The summed E-state index contributed by atoms with van der Waals surface area (Å²) in [4.78, 5) is 0.822. The first-order valence-corrected chi connectivity index (χ1v) is 4.67. The fraction of sp³-hybridized carbons (Fsp3) is 0.500. The second-order valence-electron chi connectivity index (χ2n) is 2.57. The number of aliphatic hydroxyl groups excluding tert-OH is 2. The van der Waals surface area contributed by atoms with Gasteiger partial charge in [0, 0.05) is 4.91 Å². The van der Waals surface area contributed by atoms with Crippen molar-refractivity contribution in [2.75, 3.05) is 6.26 Å². The minimum absolute atomic E-state index is 0.720. The molecule has 0 aromatic carbocycles. The highest BCUT2D eigenvalue weighted by Gasteiger charge is 2.23. The molecule has 11 heavy (non-hydrogen) atoms. The Morgan fingerprint density at radius 2 is 1.91 bits per heavy atom. The Hall–Kier alpha value is -0.250. The van der Waals surface area contributed by atoms with Crippen LogP contribution in [0.25, 0.3) is 0 Å². The van der Waals surface area contributed by atoms with Gasteiger partial charge in [-0.3, -0.25) is 0 Å². The predicted octanol–water partition coefficient (Wildman–Crippen LogP) is 0.915. The maximum Gasteiger partial charge on any atom is 0.114 e. The summed E-state index contributed by atoms with van der Waals surface area (Å²) in [6.07, 6.45) is 4.12. The predicted molar refractivity (Wildman–Crippen MR) is 47.4 cm³/mol. The maximum atomic E-state index is 9.43. The minimum atomic E-state index is -0.727. The molecule has 0 heterocycles. The van der Waals surface area contributed by atoms with Crippen molar-refractivity contribution >= 4 is 11.8 Å². The Labute approximate surface area is 70.6 Å². The van der Waals surface area contributed by atoms with Crippen molar-refractivity contribution in [1.29, 1.82) is 0 Å². The summed E-state index contributed by atoms with van der Waals surface area (Å²) in [5.41, 5.74) is 0.815. The van der Waals surface area contributed by atoms with E-state index in [0.29, 0.717) is 0 Å². The average Bonchev–Trinajstić information content (AvgIpc) is 2.01. The fourth-order valence-electron chi connectivity index (χ4n) is 1.00. The van der Waals surface area contributed by atoms with Gasteiger partial charge in [-0.05, 0) is 24.8 Å². The smallest absolute Gasteiger partial charge is 0.114 e. The second kappa shape index (κ2) is 3.43. The molecular formula is C8H12O2S. The molecular weight excluding hydrogens is 160 g/mol. The summed E-state index contributed by atoms with van der Waals surface area (Å²) in [5.74, 6) is 0. The van der Waals surface area contributed by atoms with Gasteiger partial charge in [-0.25, -0.2) is 0 Å². The van der Waals surface area contributed by atoms with Crippen LogP contribution < -0.4 is 0 Å². The molecule has 0 amide bonds. The first kappa shape index (κ1) is 8.84. The van der Waals surface area contributed by atoms with E-state index in [1.165, 1.54) is 11.8 Å². The van der Waals surface area contributed by atoms with Gasteiger partial charge in [-0.1, -0.05) is 6.08 Å². The molecule has 0 saturated carbocycles. The van der Waals surface area contributed by atoms with Gasteiger partial charge < -0.3 is 10.2 Å². The SMILES string of the molecule is CSC1=CC=C(C)[C@@H](O)[C@H]1O. The number of hydrogen-bond acceptors (Lipinski definition) is 3. The summed E-state index contributed by atoms with van der Waals surface area (Å²) in [7, 11) is 0. The third-order valence-corrected chi connectivity index (χ3v) is 2.65. The lowest BCUT2D eigenvalue weighted by atomic mass is 10.0. The Bertz CT molecular complexity index is 208. The standard InChI is InChI=1S/C8H12O2S/c1-5-3-4-6(11-2)8(10)7(5)9/h3-4,7-10H,1-2H3/t7-,8+/m1/s1. The molecule has 2 N–H and O–H groups in total. The quantitative estimate of drug-likeness (QED) is 0.618. The van der Waals surface area contributed by atoms with E-state index in [4.69, 9.17) is 0 Å². The third kappa shape index (κ3) is 1.67. The summed E-state index contributed by atoms with van der Waals surface area (Å²) in [6, 6.07) is 0. The van der Waals surface area contributed by atoms with Gasteiger partial charge in [0.15, 0.2) is 0 Å². The molecule has 3 heteroatoms. The van der Waals surface area contributed by atoms with Crippen LogP contribution in [0.1, 0.15) is 6.92 Å². The number of hydrogen-bond donors (Lipinski definition) is 2. The van der Waals surface area contributed by atoms with Crippen LogP contribution in [0.4, 0.5) is 0 Å². The Morgan fingerprint density at radius 1 is 1.27 bits per heavy atom. The van der Waals surface area contributed by atoms with Gasteiger partial charge >= 0.3 is 0 Å². The normalized spacial score (nSPS) is 31.3. The molecule has 1 aliphatic carbocycles. The molecule has 0 bridgehead atoms. The lowest BCUT2D eigenvalue weighted by Crippen LogP contribution is -2.29.